The zero-order chi connectivity index (χ0) is 18.6. The van der Waals surface area contributed by atoms with Gasteiger partial charge in [0.1, 0.15) is 5.75 Å². The first kappa shape index (κ1) is 17.5. The van der Waals surface area contributed by atoms with Gasteiger partial charge >= 0.3 is 6.18 Å². The molecule has 5 nitrogen and oxygen atoms in total. The van der Waals surface area contributed by atoms with Crippen molar-refractivity contribution in [3.8, 4) is 5.75 Å². The van der Waals surface area contributed by atoms with Gasteiger partial charge in [0.05, 0.1) is 5.56 Å². The molecule has 8 heteroatoms. The van der Waals surface area contributed by atoms with Crippen molar-refractivity contribution in [2.75, 3.05) is 5.32 Å². The van der Waals surface area contributed by atoms with E-state index in [1.165, 1.54) is 22.9 Å². The van der Waals surface area contributed by atoms with Crippen LogP contribution in [0.25, 0.3) is 0 Å². The molecule has 1 aromatic heterocycles. The first-order valence-corrected chi connectivity index (χ1v) is 7.62. The molecule has 26 heavy (non-hydrogen) atoms. The standard InChI is InChI=1S/C18H14F3N3O2/c19-18(20,21)13-5-4-6-14(11-13)22-17(25)16-9-10-24(23-16)12-26-15-7-2-1-3-8-15/h1-11H,12H2,(H,22,25). The Morgan fingerprint density at radius 2 is 1.85 bits per heavy atom. The Bertz CT molecular complexity index is 892. The topological polar surface area (TPSA) is 56.2 Å². The van der Waals surface area contributed by atoms with Crippen molar-refractivity contribution < 1.29 is 22.7 Å². The molecule has 134 valence electrons. The molecule has 0 aliphatic heterocycles. The van der Waals surface area contributed by atoms with E-state index >= 15 is 0 Å². The molecule has 1 N–H and O–H groups in total. The van der Waals surface area contributed by atoms with Gasteiger partial charge in [0.2, 0.25) is 0 Å². The Labute approximate surface area is 147 Å². The summed E-state index contributed by atoms with van der Waals surface area (Å²) in [6.45, 7) is 0.0981. The van der Waals surface area contributed by atoms with Gasteiger partial charge in [0.25, 0.3) is 5.91 Å². The van der Waals surface area contributed by atoms with Crippen LogP contribution in [0.5, 0.6) is 5.75 Å². The molecule has 0 aliphatic carbocycles. The molecule has 0 fully saturated rings. The average molecular weight is 361 g/mol. The van der Waals surface area contributed by atoms with E-state index in [0.29, 0.717) is 5.75 Å². The number of benzene rings is 2. The van der Waals surface area contributed by atoms with Gasteiger partial charge in [-0.3, -0.25) is 4.79 Å². The zero-order valence-electron chi connectivity index (χ0n) is 13.4. The Hall–Kier alpha value is -3.29. The van der Waals surface area contributed by atoms with Crippen LogP contribution in [0.4, 0.5) is 18.9 Å². The Balaban J connectivity index is 1.63. The third-order valence-electron chi connectivity index (χ3n) is 3.43. The molecule has 3 rings (SSSR count). The number of anilines is 1. The summed E-state index contributed by atoms with van der Waals surface area (Å²) in [5, 5.41) is 6.45. The number of ether oxygens (including phenoxy) is 1. The van der Waals surface area contributed by atoms with Crippen LogP contribution < -0.4 is 10.1 Å². The number of nitrogens with one attached hydrogen (secondary N) is 1. The zero-order valence-corrected chi connectivity index (χ0v) is 13.4. The van der Waals surface area contributed by atoms with Gasteiger partial charge in [-0.05, 0) is 36.4 Å². The number of nitrogens with zero attached hydrogens (tertiary/aromatic N) is 2. The second-order valence-electron chi connectivity index (χ2n) is 5.36. The molecule has 1 amide bonds. The van der Waals surface area contributed by atoms with Crippen molar-refractivity contribution in [3.63, 3.8) is 0 Å². The Morgan fingerprint density at radius 3 is 2.58 bits per heavy atom. The van der Waals surface area contributed by atoms with Crippen LogP contribution in [0.3, 0.4) is 0 Å². The highest BCUT2D eigenvalue weighted by atomic mass is 19.4. The maximum absolute atomic E-state index is 12.7. The molecule has 0 saturated heterocycles. The van der Waals surface area contributed by atoms with E-state index in [9.17, 15) is 18.0 Å². The molecule has 0 atom stereocenters. The summed E-state index contributed by atoms with van der Waals surface area (Å²) in [6.07, 6.45) is -2.93. The number of hydrogen-bond donors (Lipinski definition) is 1. The summed E-state index contributed by atoms with van der Waals surface area (Å²) in [5.74, 6) is 0.0424. The molecule has 0 bridgehead atoms. The molecule has 1 heterocycles. The second kappa shape index (κ2) is 7.30. The Morgan fingerprint density at radius 1 is 1.08 bits per heavy atom. The SMILES string of the molecule is O=C(Nc1cccc(C(F)(F)F)c1)c1ccn(COc2ccccc2)n1. The lowest BCUT2D eigenvalue weighted by Gasteiger charge is -2.09. The molecule has 0 spiro atoms. The molecule has 0 unspecified atom stereocenters. The molecular weight excluding hydrogens is 347 g/mol. The van der Waals surface area contributed by atoms with Crippen molar-refractivity contribution in [2.45, 2.75) is 12.9 Å². The lowest BCUT2D eigenvalue weighted by Crippen LogP contribution is -2.15. The van der Waals surface area contributed by atoms with Crippen LogP contribution in [-0.2, 0) is 12.9 Å². The van der Waals surface area contributed by atoms with Crippen molar-refractivity contribution in [2.24, 2.45) is 0 Å². The van der Waals surface area contributed by atoms with Gasteiger partial charge in [-0.2, -0.15) is 18.3 Å². The molecule has 3 aromatic rings. The summed E-state index contributed by atoms with van der Waals surface area (Å²) in [5.41, 5.74) is -0.726. The highest BCUT2D eigenvalue weighted by molar-refractivity contribution is 6.02. The number of aromatic nitrogens is 2. The van der Waals surface area contributed by atoms with Crippen molar-refractivity contribution in [3.05, 3.63) is 78.1 Å². The van der Waals surface area contributed by atoms with Crippen LogP contribution in [0, 0.1) is 0 Å². The molecule has 0 aliphatic rings. The van der Waals surface area contributed by atoms with Gasteiger partial charge in [0, 0.05) is 11.9 Å². The van der Waals surface area contributed by atoms with Crippen molar-refractivity contribution in [1.82, 2.24) is 9.78 Å². The number of rotatable bonds is 5. The van der Waals surface area contributed by atoms with Crippen LogP contribution in [0.2, 0.25) is 0 Å². The van der Waals surface area contributed by atoms with Gasteiger partial charge in [-0.15, -0.1) is 0 Å². The van der Waals surface area contributed by atoms with E-state index in [0.717, 1.165) is 12.1 Å². The monoisotopic (exact) mass is 361 g/mol. The van der Waals surface area contributed by atoms with E-state index in [4.69, 9.17) is 4.74 Å². The summed E-state index contributed by atoms with van der Waals surface area (Å²) in [4.78, 5) is 12.2. The summed E-state index contributed by atoms with van der Waals surface area (Å²) < 4.78 is 45.1. The summed E-state index contributed by atoms with van der Waals surface area (Å²) >= 11 is 0. The minimum absolute atomic E-state index is 0.0416. The second-order valence-corrected chi connectivity index (χ2v) is 5.36. The quantitative estimate of drug-likeness (QED) is 0.741. The first-order chi connectivity index (χ1) is 12.4. The number of amides is 1. The van der Waals surface area contributed by atoms with Gasteiger partial charge in [-0.25, -0.2) is 4.68 Å². The normalized spacial score (nSPS) is 11.2. The average Bonchev–Trinajstić information content (AvgIpc) is 3.10. The first-order valence-electron chi connectivity index (χ1n) is 7.62. The molecule has 2 aromatic carbocycles. The number of para-hydroxylation sites is 1. The highest BCUT2D eigenvalue weighted by Crippen LogP contribution is 2.30. The van der Waals surface area contributed by atoms with Crippen LogP contribution >= 0.6 is 0 Å². The van der Waals surface area contributed by atoms with E-state index in [1.807, 2.05) is 18.2 Å². The fraction of sp³-hybridized carbons (Fsp3) is 0.111. The van der Waals surface area contributed by atoms with E-state index in [1.54, 1.807) is 18.3 Å². The third-order valence-corrected chi connectivity index (χ3v) is 3.43. The number of alkyl halides is 3. The maximum atomic E-state index is 12.7. The Kier molecular flexibility index (Phi) is 4.92. The molecule has 0 saturated carbocycles. The minimum Gasteiger partial charge on any atom is -0.471 e. The number of carbonyl (C=O) groups is 1. The fourth-order valence-electron chi connectivity index (χ4n) is 2.18. The highest BCUT2D eigenvalue weighted by Gasteiger charge is 2.30. The summed E-state index contributed by atoms with van der Waals surface area (Å²) in [7, 11) is 0. The predicted octanol–water partition coefficient (Wildman–Crippen LogP) is 4.19. The van der Waals surface area contributed by atoms with Crippen molar-refractivity contribution >= 4 is 11.6 Å². The molecule has 0 radical (unpaired) electrons. The van der Waals surface area contributed by atoms with E-state index in [2.05, 4.69) is 10.4 Å². The van der Waals surface area contributed by atoms with E-state index < -0.39 is 17.6 Å². The smallest absolute Gasteiger partial charge is 0.416 e. The number of hydrogen-bond acceptors (Lipinski definition) is 3. The maximum Gasteiger partial charge on any atom is 0.416 e. The number of halogens is 3. The van der Waals surface area contributed by atoms with Crippen LogP contribution in [0.15, 0.2) is 66.9 Å². The minimum atomic E-state index is -4.48. The van der Waals surface area contributed by atoms with Gasteiger partial charge < -0.3 is 10.1 Å². The van der Waals surface area contributed by atoms with Crippen LogP contribution in [0.1, 0.15) is 16.1 Å². The van der Waals surface area contributed by atoms with Gasteiger partial charge in [0.15, 0.2) is 12.4 Å². The predicted molar refractivity (Wildman–Crippen MR) is 88.7 cm³/mol. The molecular formula is C18H14F3N3O2. The largest absolute Gasteiger partial charge is 0.471 e. The van der Waals surface area contributed by atoms with Crippen LogP contribution in [-0.4, -0.2) is 15.7 Å². The van der Waals surface area contributed by atoms with Crippen molar-refractivity contribution in [1.29, 1.82) is 0 Å². The lowest BCUT2D eigenvalue weighted by molar-refractivity contribution is -0.137. The summed E-state index contributed by atoms with van der Waals surface area (Å²) in [6, 6.07) is 14.9. The number of carbonyl (C=O) groups excluding carboxylic acids is 1. The lowest BCUT2D eigenvalue weighted by atomic mass is 10.2. The van der Waals surface area contributed by atoms with E-state index in [-0.39, 0.29) is 18.1 Å². The fourth-order valence-corrected chi connectivity index (χ4v) is 2.18. The van der Waals surface area contributed by atoms with Gasteiger partial charge in [-0.1, -0.05) is 24.3 Å². The third kappa shape index (κ3) is 4.41.